The molecule has 1 aromatic carbocycles. The summed E-state index contributed by atoms with van der Waals surface area (Å²) in [5, 5.41) is 6.01. The lowest BCUT2D eigenvalue weighted by atomic mass is 10.3. The molecular weight excluding hydrogens is 140 g/mol. The van der Waals surface area contributed by atoms with Crippen LogP contribution in [0.5, 0.6) is 0 Å². The van der Waals surface area contributed by atoms with E-state index in [1.54, 1.807) is 0 Å². The first-order valence-corrected chi connectivity index (χ1v) is 3.47. The van der Waals surface area contributed by atoms with Gasteiger partial charge in [-0.05, 0) is 12.1 Å². The number of fused-ring (bicyclic) bond motifs is 1. The number of benzene rings is 1. The Morgan fingerprint density at radius 1 is 1.18 bits per heavy atom. The van der Waals surface area contributed by atoms with Crippen molar-refractivity contribution < 1.29 is 4.79 Å². The van der Waals surface area contributed by atoms with Crippen molar-refractivity contribution in [3.63, 3.8) is 0 Å². The average Bonchev–Trinajstić information content (AvgIpc) is 2.46. The smallest absolute Gasteiger partial charge is 0.162 e. The number of carbonyl (C=O) groups excluding carboxylic acids is 1. The third-order valence-corrected chi connectivity index (χ3v) is 1.69. The molecule has 2 rings (SSSR count). The second-order valence-corrected chi connectivity index (χ2v) is 2.45. The molecule has 0 radical (unpaired) electrons. The summed E-state index contributed by atoms with van der Waals surface area (Å²) in [5.74, 6) is 0. The highest BCUT2D eigenvalue weighted by atomic mass is 16.1. The van der Waals surface area contributed by atoms with Gasteiger partial charge >= 0.3 is 0 Å². The van der Waals surface area contributed by atoms with Crippen LogP contribution in [0.3, 0.4) is 0 Å². The zero-order valence-electron chi connectivity index (χ0n) is 5.87. The molecule has 0 saturated carbocycles. The lowest BCUT2D eigenvalue weighted by molar-refractivity contribution is -0.107. The molecule has 3 nitrogen and oxygen atoms in total. The molecule has 1 aliphatic heterocycles. The normalized spacial score (nSPS) is 14.9. The van der Waals surface area contributed by atoms with Crippen LogP contribution in [0.15, 0.2) is 24.3 Å². The van der Waals surface area contributed by atoms with Gasteiger partial charge in [0.1, 0.15) is 0 Å². The highest BCUT2D eigenvalue weighted by Gasteiger charge is 2.16. The lowest BCUT2D eigenvalue weighted by Crippen LogP contribution is -2.22. The zero-order valence-corrected chi connectivity index (χ0v) is 5.87. The van der Waals surface area contributed by atoms with Crippen LogP contribution in [-0.4, -0.2) is 12.5 Å². The van der Waals surface area contributed by atoms with Crippen molar-refractivity contribution in [2.45, 2.75) is 6.17 Å². The minimum Gasteiger partial charge on any atom is -0.358 e. The zero-order chi connectivity index (χ0) is 7.68. The van der Waals surface area contributed by atoms with Crippen LogP contribution in [0.2, 0.25) is 0 Å². The van der Waals surface area contributed by atoms with Crippen LogP contribution in [0.25, 0.3) is 0 Å². The Labute approximate surface area is 64.4 Å². The van der Waals surface area contributed by atoms with Gasteiger partial charge in [0.2, 0.25) is 0 Å². The van der Waals surface area contributed by atoms with Crippen LogP contribution >= 0.6 is 0 Å². The third-order valence-electron chi connectivity index (χ3n) is 1.69. The second kappa shape index (κ2) is 2.27. The number of hydrogen-bond donors (Lipinski definition) is 2. The quantitative estimate of drug-likeness (QED) is 0.585. The molecule has 56 valence electrons. The van der Waals surface area contributed by atoms with E-state index in [9.17, 15) is 4.79 Å². The van der Waals surface area contributed by atoms with E-state index in [-0.39, 0.29) is 6.17 Å². The van der Waals surface area contributed by atoms with Crippen molar-refractivity contribution in [2.24, 2.45) is 0 Å². The van der Waals surface area contributed by atoms with Crippen molar-refractivity contribution in [1.29, 1.82) is 0 Å². The van der Waals surface area contributed by atoms with E-state index in [1.165, 1.54) is 0 Å². The first kappa shape index (κ1) is 6.22. The largest absolute Gasteiger partial charge is 0.358 e. The first-order chi connectivity index (χ1) is 5.40. The maximum absolute atomic E-state index is 10.4. The van der Waals surface area contributed by atoms with Gasteiger partial charge in [0, 0.05) is 0 Å². The van der Waals surface area contributed by atoms with Crippen LogP contribution < -0.4 is 10.6 Å². The molecule has 0 bridgehead atoms. The monoisotopic (exact) mass is 148 g/mol. The summed E-state index contributed by atoms with van der Waals surface area (Å²) in [6.07, 6.45) is 0.590. The summed E-state index contributed by atoms with van der Waals surface area (Å²) >= 11 is 0. The number of anilines is 2. The summed E-state index contributed by atoms with van der Waals surface area (Å²) in [6.45, 7) is 0. The molecule has 0 spiro atoms. The molecule has 1 aliphatic rings. The fourth-order valence-electron chi connectivity index (χ4n) is 1.17. The Hall–Kier alpha value is -1.51. The maximum Gasteiger partial charge on any atom is 0.162 e. The van der Waals surface area contributed by atoms with Crippen molar-refractivity contribution in [2.75, 3.05) is 10.6 Å². The summed E-state index contributed by atoms with van der Waals surface area (Å²) in [4.78, 5) is 10.4. The molecule has 0 amide bonds. The SMILES string of the molecule is O=CC1Nc2ccccc2N1. The summed E-state index contributed by atoms with van der Waals surface area (Å²) in [5.41, 5.74) is 1.98. The van der Waals surface area contributed by atoms with E-state index >= 15 is 0 Å². The molecule has 0 aromatic heterocycles. The van der Waals surface area contributed by atoms with E-state index in [0.29, 0.717) is 0 Å². The Bertz CT molecular complexity index is 260. The standard InChI is InChI=1S/C8H8N2O/c11-5-8-9-6-3-1-2-4-7(6)10-8/h1-5,8-10H. The number of para-hydroxylation sites is 2. The Balaban J connectivity index is 2.33. The van der Waals surface area contributed by atoms with Crippen LogP contribution in [0.1, 0.15) is 0 Å². The molecule has 1 heterocycles. The lowest BCUT2D eigenvalue weighted by Gasteiger charge is -2.00. The van der Waals surface area contributed by atoms with E-state index in [1.807, 2.05) is 24.3 Å². The van der Waals surface area contributed by atoms with Crippen molar-refractivity contribution in [1.82, 2.24) is 0 Å². The topological polar surface area (TPSA) is 41.1 Å². The van der Waals surface area contributed by atoms with Gasteiger partial charge in [0.25, 0.3) is 0 Å². The van der Waals surface area contributed by atoms with E-state index in [2.05, 4.69) is 10.6 Å². The number of rotatable bonds is 1. The van der Waals surface area contributed by atoms with E-state index < -0.39 is 0 Å². The molecule has 11 heavy (non-hydrogen) atoms. The molecular formula is C8H8N2O. The Morgan fingerprint density at radius 3 is 2.18 bits per heavy atom. The van der Waals surface area contributed by atoms with E-state index in [4.69, 9.17) is 0 Å². The minimum absolute atomic E-state index is 0.257. The maximum atomic E-state index is 10.4. The molecule has 0 saturated heterocycles. The van der Waals surface area contributed by atoms with Crippen LogP contribution in [0.4, 0.5) is 11.4 Å². The molecule has 1 aromatic rings. The summed E-state index contributed by atoms with van der Waals surface area (Å²) in [7, 11) is 0. The highest BCUT2D eigenvalue weighted by Crippen LogP contribution is 2.26. The van der Waals surface area contributed by atoms with Crippen molar-refractivity contribution in [3.05, 3.63) is 24.3 Å². The molecule has 2 N–H and O–H groups in total. The Morgan fingerprint density at radius 2 is 1.73 bits per heavy atom. The minimum atomic E-state index is -0.257. The van der Waals surface area contributed by atoms with Crippen LogP contribution in [0, 0.1) is 0 Å². The van der Waals surface area contributed by atoms with Gasteiger partial charge in [0.05, 0.1) is 11.4 Å². The second-order valence-electron chi connectivity index (χ2n) is 2.45. The van der Waals surface area contributed by atoms with Gasteiger partial charge < -0.3 is 10.6 Å². The van der Waals surface area contributed by atoms with Gasteiger partial charge in [0.15, 0.2) is 12.5 Å². The number of nitrogens with one attached hydrogen (secondary N) is 2. The Kier molecular flexibility index (Phi) is 1.28. The van der Waals surface area contributed by atoms with Gasteiger partial charge in [-0.25, -0.2) is 0 Å². The fourth-order valence-corrected chi connectivity index (χ4v) is 1.17. The van der Waals surface area contributed by atoms with Crippen molar-refractivity contribution >= 4 is 17.7 Å². The predicted molar refractivity (Wildman–Crippen MR) is 43.5 cm³/mol. The van der Waals surface area contributed by atoms with Gasteiger partial charge in [-0.15, -0.1) is 0 Å². The predicted octanol–water partition coefficient (Wildman–Crippen LogP) is 1.05. The number of aldehydes is 1. The first-order valence-electron chi connectivity index (χ1n) is 3.47. The molecule has 0 aliphatic carbocycles. The van der Waals surface area contributed by atoms with E-state index in [0.717, 1.165) is 17.7 Å². The summed E-state index contributed by atoms with van der Waals surface area (Å²) in [6, 6.07) is 7.74. The van der Waals surface area contributed by atoms with Gasteiger partial charge in [-0.1, -0.05) is 12.1 Å². The molecule has 3 heteroatoms. The average molecular weight is 148 g/mol. The number of hydrogen-bond acceptors (Lipinski definition) is 3. The number of carbonyl (C=O) groups is 1. The summed E-state index contributed by atoms with van der Waals surface area (Å²) < 4.78 is 0. The highest BCUT2D eigenvalue weighted by molar-refractivity contribution is 5.82. The molecule has 0 unspecified atom stereocenters. The molecule has 0 atom stereocenters. The molecule has 0 fully saturated rings. The van der Waals surface area contributed by atoms with Crippen molar-refractivity contribution in [3.8, 4) is 0 Å². The fraction of sp³-hybridized carbons (Fsp3) is 0.125. The van der Waals surface area contributed by atoms with Gasteiger partial charge in [-0.3, -0.25) is 4.79 Å². The van der Waals surface area contributed by atoms with Crippen LogP contribution in [-0.2, 0) is 4.79 Å². The third kappa shape index (κ3) is 0.941. The van der Waals surface area contributed by atoms with Gasteiger partial charge in [-0.2, -0.15) is 0 Å².